The highest BCUT2D eigenvalue weighted by Crippen LogP contribution is 2.32. The monoisotopic (exact) mass is 307 g/mol. The van der Waals surface area contributed by atoms with Crippen molar-refractivity contribution in [2.24, 2.45) is 0 Å². The summed E-state index contributed by atoms with van der Waals surface area (Å²) in [4.78, 5) is 2.46. The Kier molecular flexibility index (Phi) is 4.82. The van der Waals surface area contributed by atoms with Crippen molar-refractivity contribution in [3.8, 4) is 0 Å². The van der Waals surface area contributed by atoms with E-state index in [0.717, 1.165) is 31.8 Å². The van der Waals surface area contributed by atoms with E-state index >= 15 is 0 Å². The Morgan fingerprint density at radius 3 is 2.30 bits per heavy atom. The third-order valence-corrected chi connectivity index (χ3v) is 4.66. The van der Waals surface area contributed by atoms with Gasteiger partial charge in [0.15, 0.2) is 0 Å². The fourth-order valence-electron chi connectivity index (χ4n) is 3.51. The van der Waals surface area contributed by atoms with Crippen LogP contribution < -0.4 is 0 Å². The van der Waals surface area contributed by atoms with Crippen molar-refractivity contribution in [2.75, 3.05) is 20.2 Å². The number of rotatable bonds is 4. The first kappa shape index (κ1) is 15.8. The maximum Gasteiger partial charge on any atom is 0.113 e. The molecule has 3 rings (SSSR count). The second-order valence-corrected chi connectivity index (χ2v) is 6.32. The summed E-state index contributed by atoms with van der Waals surface area (Å²) in [5.74, 6) is 1.12. The molecule has 0 amide bonds. The third kappa shape index (κ3) is 3.48. The van der Waals surface area contributed by atoms with Gasteiger partial charge in [0.25, 0.3) is 0 Å². The van der Waals surface area contributed by atoms with Gasteiger partial charge < -0.3 is 4.74 Å². The van der Waals surface area contributed by atoms with Crippen LogP contribution in [0.2, 0.25) is 0 Å². The quantitative estimate of drug-likeness (QED) is 0.820. The fraction of sp³-hybridized carbons (Fsp3) is 0.333. The van der Waals surface area contributed by atoms with Gasteiger partial charge in [0.05, 0.1) is 13.7 Å². The van der Waals surface area contributed by atoms with Gasteiger partial charge in [-0.2, -0.15) is 0 Å². The molecular formula is C21H25NO. The van der Waals surface area contributed by atoms with E-state index in [1.165, 1.54) is 27.8 Å². The highest BCUT2D eigenvalue weighted by molar-refractivity contribution is 5.73. The molecule has 2 aromatic carbocycles. The zero-order valence-corrected chi connectivity index (χ0v) is 14.3. The minimum Gasteiger partial charge on any atom is -0.499 e. The molecule has 2 nitrogen and oxygen atoms in total. The molecule has 120 valence electrons. The molecule has 0 aliphatic carbocycles. The van der Waals surface area contributed by atoms with E-state index < -0.39 is 0 Å². The van der Waals surface area contributed by atoms with Crippen molar-refractivity contribution in [1.29, 1.82) is 0 Å². The molecule has 0 aromatic heterocycles. The lowest BCUT2D eigenvalue weighted by Crippen LogP contribution is -2.31. The van der Waals surface area contributed by atoms with Crippen molar-refractivity contribution in [1.82, 2.24) is 4.90 Å². The SMILES string of the molecule is COC1=C(c2c(C)cccc2C)CCN(Cc2ccccc2)C1. The minimum absolute atomic E-state index is 0.883. The predicted octanol–water partition coefficient (Wildman–Crippen LogP) is 4.57. The molecule has 0 atom stereocenters. The molecule has 2 aromatic rings. The average molecular weight is 307 g/mol. The Morgan fingerprint density at radius 1 is 0.957 bits per heavy atom. The minimum atomic E-state index is 0.883. The average Bonchev–Trinajstić information content (AvgIpc) is 2.56. The second-order valence-electron chi connectivity index (χ2n) is 6.32. The Morgan fingerprint density at radius 2 is 1.65 bits per heavy atom. The molecule has 0 saturated heterocycles. The summed E-state index contributed by atoms with van der Waals surface area (Å²) in [5, 5.41) is 0. The van der Waals surface area contributed by atoms with E-state index in [9.17, 15) is 0 Å². The molecule has 2 heteroatoms. The summed E-state index contributed by atoms with van der Waals surface area (Å²) < 4.78 is 5.77. The largest absolute Gasteiger partial charge is 0.499 e. The highest BCUT2D eigenvalue weighted by atomic mass is 16.5. The number of methoxy groups -OCH3 is 1. The first-order valence-corrected chi connectivity index (χ1v) is 8.28. The van der Waals surface area contributed by atoms with Crippen molar-refractivity contribution >= 4 is 5.57 Å². The summed E-state index contributed by atoms with van der Waals surface area (Å²) in [6.45, 7) is 7.32. The Labute approximate surface area is 139 Å². The Hall–Kier alpha value is -2.06. The van der Waals surface area contributed by atoms with E-state index in [2.05, 4.69) is 67.3 Å². The van der Waals surface area contributed by atoms with E-state index in [4.69, 9.17) is 4.74 Å². The predicted molar refractivity (Wildman–Crippen MR) is 96.2 cm³/mol. The third-order valence-electron chi connectivity index (χ3n) is 4.66. The Bertz CT molecular complexity index is 683. The normalized spacial score (nSPS) is 15.8. The van der Waals surface area contributed by atoms with Crippen LogP contribution >= 0.6 is 0 Å². The second kappa shape index (κ2) is 7.01. The maximum absolute atomic E-state index is 5.77. The molecule has 1 heterocycles. The number of aryl methyl sites for hydroxylation is 2. The maximum atomic E-state index is 5.77. The van der Waals surface area contributed by atoms with Crippen molar-refractivity contribution in [3.63, 3.8) is 0 Å². The van der Waals surface area contributed by atoms with Gasteiger partial charge in [0, 0.05) is 18.7 Å². The molecule has 0 spiro atoms. The molecule has 0 bridgehead atoms. The van der Waals surface area contributed by atoms with Crippen LogP contribution in [0.1, 0.15) is 28.7 Å². The molecule has 0 radical (unpaired) electrons. The van der Waals surface area contributed by atoms with Gasteiger partial charge in [-0.1, -0.05) is 48.5 Å². The van der Waals surface area contributed by atoms with Gasteiger partial charge in [0.2, 0.25) is 0 Å². The number of hydrogen-bond donors (Lipinski definition) is 0. The van der Waals surface area contributed by atoms with E-state index in [0.29, 0.717) is 0 Å². The molecule has 1 aliphatic rings. The van der Waals surface area contributed by atoms with Crippen LogP contribution in [0.25, 0.3) is 5.57 Å². The Balaban J connectivity index is 1.85. The van der Waals surface area contributed by atoms with Crippen molar-refractivity contribution in [3.05, 3.63) is 76.5 Å². The summed E-state index contributed by atoms with van der Waals surface area (Å²) >= 11 is 0. The van der Waals surface area contributed by atoms with Crippen LogP contribution in [0.4, 0.5) is 0 Å². The highest BCUT2D eigenvalue weighted by Gasteiger charge is 2.22. The standard InChI is InChI=1S/C21H25NO/c1-16-8-7-9-17(2)21(16)19-12-13-22(15-20(19)23-3)14-18-10-5-4-6-11-18/h4-11H,12-15H2,1-3H3. The summed E-state index contributed by atoms with van der Waals surface area (Å²) in [5.41, 5.74) is 6.80. The smallest absolute Gasteiger partial charge is 0.113 e. The molecule has 0 saturated carbocycles. The number of hydrogen-bond acceptors (Lipinski definition) is 2. The molecule has 23 heavy (non-hydrogen) atoms. The van der Waals surface area contributed by atoms with Crippen LogP contribution in [-0.2, 0) is 11.3 Å². The molecule has 0 fully saturated rings. The molecular weight excluding hydrogens is 282 g/mol. The van der Waals surface area contributed by atoms with Gasteiger partial charge in [-0.15, -0.1) is 0 Å². The van der Waals surface area contributed by atoms with Gasteiger partial charge in [0.1, 0.15) is 5.76 Å². The fourth-order valence-corrected chi connectivity index (χ4v) is 3.51. The zero-order valence-electron chi connectivity index (χ0n) is 14.3. The van der Waals surface area contributed by atoms with E-state index in [1.54, 1.807) is 7.11 Å². The number of ether oxygens (including phenoxy) is 1. The van der Waals surface area contributed by atoms with Crippen molar-refractivity contribution < 1.29 is 4.74 Å². The van der Waals surface area contributed by atoms with Crippen LogP contribution in [0.3, 0.4) is 0 Å². The lowest BCUT2D eigenvalue weighted by atomic mass is 9.91. The lowest BCUT2D eigenvalue weighted by molar-refractivity contribution is 0.198. The van der Waals surface area contributed by atoms with E-state index in [1.807, 2.05) is 0 Å². The summed E-state index contributed by atoms with van der Waals surface area (Å²) in [7, 11) is 1.80. The van der Waals surface area contributed by atoms with Crippen LogP contribution in [0.5, 0.6) is 0 Å². The lowest BCUT2D eigenvalue weighted by Gasteiger charge is -2.31. The van der Waals surface area contributed by atoms with E-state index in [-0.39, 0.29) is 0 Å². The number of nitrogens with zero attached hydrogens (tertiary/aromatic N) is 1. The van der Waals surface area contributed by atoms with Crippen LogP contribution in [-0.4, -0.2) is 25.1 Å². The van der Waals surface area contributed by atoms with Gasteiger partial charge in [-0.25, -0.2) is 0 Å². The first-order valence-electron chi connectivity index (χ1n) is 8.28. The van der Waals surface area contributed by atoms with Crippen molar-refractivity contribution in [2.45, 2.75) is 26.8 Å². The first-order chi connectivity index (χ1) is 11.2. The molecule has 1 aliphatic heterocycles. The summed E-state index contributed by atoms with van der Waals surface area (Å²) in [6, 6.07) is 17.2. The molecule has 0 unspecified atom stereocenters. The topological polar surface area (TPSA) is 12.5 Å². The van der Waals surface area contributed by atoms with Gasteiger partial charge in [-0.05, 0) is 42.5 Å². The number of benzene rings is 2. The molecule has 0 N–H and O–H groups in total. The zero-order chi connectivity index (χ0) is 16.2. The van der Waals surface area contributed by atoms with Gasteiger partial charge in [-0.3, -0.25) is 4.90 Å². The summed E-state index contributed by atoms with van der Waals surface area (Å²) in [6.07, 6.45) is 1.04. The van der Waals surface area contributed by atoms with Gasteiger partial charge >= 0.3 is 0 Å². The van der Waals surface area contributed by atoms with Crippen LogP contribution in [0, 0.1) is 13.8 Å². The van der Waals surface area contributed by atoms with Crippen LogP contribution in [0.15, 0.2) is 54.3 Å².